The number of allylic oxidation sites excluding steroid dienone is 1. The number of nitrogens with zero attached hydrogens (tertiary/aromatic N) is 1. The molecule has 1 aromatic carbocycles. The second kappa shape index (κ2) is 3.80. The summed E-state index contributed by atoms with van der Waals surface area (Å²) in [5.41, 5.74) is 1.79. The summed E-state index contributed by atoms with van der Waals surface area (Å²) in [5, 5.41) is 0. The van der Waals surface area contributed by atoms with Crippen LogP contribution in [0.5, 0.6) is 0 Å². The zero-order chi connectivity index (χ0) is 12.9. The van der Waals surface area contributed by atoms with Crippen LogP contribution in [0, 0.1) is 17.8 Å². The van der Waals surface area contributed by atoms with Crippen LogP contribution in [-0.2, 0) is 9.59 Å². The predicted molar refractivity (Wildman–Crippen MR) is 68.8 cm³/mol. The fraction of sp³-hybridized carbons (Fsp3) is 0.333. The minimum absolute atomic E-state index is 0.0469. The molecule has 1 aromatic rings. The van der Waals surface area contributed by atoms with Crippen LogP contribution >= 0.6 is 0 Å². The van der Waals surface area contributed by atoms with E-state index in [-0.39, 0.29) is 29.6 Å². The molecule has 0 bridgehead atoms. The van der Waals surface area contributed by atoms with Crippen LogP contribution < -0.4 is 4.90 Å². The quantitative estimate of drug-likeness (QED) is 0.559. The summed E-state index contributed by atoms with van der Waals surface area (Å²) in [6, 6.07) is 9.18. The molecule has 3 nitrogen and oxygen atoms in total. The van der Waals surface area contributed by atoms with Crippen molar-refractivity contribution >= 4 is 17.5 Å². The molecule has 3 rings (SSSR count). The Morgan fingerprint density at radius 1 is 1.11 bits per heavy atom. The minimum atomic E-state index is -0.210. The number of rotatable bonds is 1. The zero-order valence-corrected chi connectivity index (χ0v) is 10.5. The number of carbonyl (C=O) groups is 2. The van der Waals surface area contributed by atoms with Crippen LogP contribution in [0.3, 0.4) is 0 Å². The number of hydrogen-bond acceptors (Lipinski definition) is 2. The molecule has 2 amide bonds. The van der Waals surface area contributed by atoms with Gasteiger partial charge < -0.3 is 0 Å². The van der Waals surface area contributed by atoms with Crippen molar-refractivity contribution in [2.45, 2.75) is 13.8 Å². The first-order valence-electron chi connectivity index (χ1n) is 6.25. The SMILES string of the molecule is C/C=C1/[C@H]2C(=O)N(c3ccccc3)C(=O)[C@@H]2[C@H]1C. The maximum Gasteiger partial charge on any atom is 0.241 e. The van der Waals surface area contributed by atoms with Crippen molar-refractivity contribution < 1.29 is 9.59 Å². The first kappa shape index (κ1) is 11.2. The molecule has 1 saturated carbocycles. The van der Waals surface area contributed by atoms with E-state index >= 15 is 0 Å². The van der Waals surface area contributed by atoms with E-state index in [1.54, 1.807) is 12.1 Å². The smallest absolute Gasteiger partial charge is 0.241 e. The van der Waals surface area contributed by atoms with E-state index in [4.69, 9.17) is 0 Å². The van der Waals surface area contributed by atoms with Gasteiger partial charge in [-0.25, -0.2) is 4.90 Å². The first-order chi connectivity index (χ1) is 8.66. The van der Waals surface area contributed by atoms with Gasteiger partial charge in [-0.05, 0) is 25.0 Å². The highest BCUT2D eigenvalue weighted by atomic mass is 16.2. The third-order valence-corrected chi connectivity index (χ3v) is 4.12. The molecule has 1 heterocycles. The molecule has 18 heavy (non-hydrogen) atoms. The van der Waals surface area contributed by atoms with Gasteiger partial charge in [0.05, 0.1) is 17.5 Å². The van der Waals surface area contributed by atoms with Gasteiger partial charge in [-0.3, -0.25) is 9.59 Å². The van der Waals surface area contributed by atoms with Crippen LogP contribution in [0.1, 0.15) is 13.8 Å². The summed E-state index contributed by atoms with van der Waals surface area (Å²) in [6.07, 6.45) is 1.98. The molecule has 3 atom stereocenters. The Balaban J connectivity index is 2.01. The van der Waals surface area contributed by atoms with E-state index in [0.717, 1.165) is 5.57 Å². The number of benzene rings is 1. The van der Waals surface area contributed by atoms with Crippen LogP contribution in [0.15, 0.2) is 42.0 Å². The first-order valence-corrected chi connectivity index (χ1v) is 6.25. The zero-order valence-electron chi connectivity index (χ0n) is 10.5. The topological polar surface area (TPSA) is 37.4 Å². The molecule has 0 N–H and O–H groups in total. The highest BCUT2D eigenvalue weighted by molar-refractivity contribution is 6.24. The third kappa shape index (κ3) is 1.24. The Morgan fingerprint density at radius 3 is 2.39 bits per heavy atom. The van der Waals surface area contributed by atoms with Gasteiger partial charge in [0.2, 0.25) is 11.8 Å². The number of fused-ring (bicyclic) bond motifs is 1. The predicted octanol–water partition coefficient (Wildman–Crippen LogP) is 2.39. The van der Waals surface area contributed by atoms with Crippen molar-refractivity contribution in [3.63, 3.8) is 0 Å². The van der Waals surface area contributed by atoms with Crippen LogP contribution in [0.2, 0.25) is 0 Å². The van der Waals surface area contributed by atoms with Gasteiger partial charge in [-0.15, -0.1) is 0 Å². The van der Waals surface area contributed by atoms with Crippen molar-refractivity contribution in [3.05, 3.63) is 42.0 Å². The average Bonchev–Trinajstić information content (AvgIpc) is 2.59. The molecule has 1 aliphatic heterocycles. The van der Waals surface area contributed by atoms with E-state index in [1.807, 2.05) is 38.1 Å². The maximum absolute atomic E-state index is 12.4. The molecule has 0 unspecified atom stereocenters. The molecule has 2 fully saturated rings. The van der Waals surface area contributed by atoms with E-state index in [9.17, 15) is 9.59 Å². The van der Waals surface area contributed by atoms with Gasteiger partial charge in [0, 0.05) is 0 Å². The Morgan fingerprint density at radius 2 is 1.78 bits per heavy atom. The molecule has 92 valence electrons. The van der Waals surface area contributed by atoms with Crippen molar-refractivity contribution in [2.75, 3.05) is 4.90 Å². The number of anilines is 1. The largest absolute Gasteiger partial charge is 0.274 e. The second-order valence-electron chi connectivity index (χ2n) is 4.93. The van der Waals surface area contributed by atoms with Crippen molar-refractivity contribution in [1.82, 2.24) is 0 Å². The lowest BCUT2D eigenvalue weighted by Crippen LogP contribution is -2.39. The summed E-state index contributed by atoms with van der Waals surface area (Å²) in [6.45, 7) is 3.96. The normalized spacial score (nSPS) is 32.7. The average molecular weight is 241 g/mol. The van der Waals surface area contributed by atoms with Crippen LogP contribution in [-0.4, -0.2) is 11.8 Å². The Labute approximate surface area is 106 Å². The van der Waals surface area contributed by atoms with Gasteiger partial charge >= 0.3 is 0 Å². The van der Waals surface area contributed by atoms with Gasteiger partial charge in [0.1, 0.15) is 0 Å². The van der Waals surface area contributed by atoms with Gasteiger partial charge in [0.25, 0.3) is 0 Å². The number of para-hydroxylation sites is 1. The summed E-state index contributed by atoms with van der Waals surface area (Å²) in [5.74, 6) is -0.275. The molecular formula is C15H15NO2. The molecule has 0 spiro atoms. The lowest BCUT2D eigenvalue weighted by Gasteiger charge is -2.37. The molecule has 3 heteroatoms. The Kier molecular flexibility index (Phi) is 2.37. The van der Waals surface area contributed by atoms with E-state index in [1.165, 1.54) is 4.90 Å². The highest BCUT2D eigenvalue weighted by Crippen LogP contribution is 2.52. The van der Waals surface area contributed by atoms with Crippen LogP contribution in [0.4, 0.5) is 5.69 Å². The number of amides is 2. The molecule has 1 saturated heterocycles. The van der Waals surface area contributed by atoms with Gasteiger partial charge in [-0.2, -0.15) is 0 Å². The van der Waals surface area contributed by atoms with Crippen LogP contribution in [0.25, 0.3) is 0 Å². The van der Waals surface area contributed by atoms with Crippen molar-refractivity contribution in [1.29, 1.82) is 0 Å². The van der Waals surface area contributed by atoms with E-state index in [2.05, 4.69) is 0 Å². The molecule has 2 aliphatic rings. The van der Waals surface area contributed by atoms with E-state index < -0.39 is 0 Å². The summed E-state index contributed by atoms with van der Waals surface area (Å²) < 4.78 is 0. The highest BCUT2D eigenvalue weighted by Gasteiger charge is 2.59. The maximum atomic E-state index is 12.4. The Bertz CT molecular complexity index is 547. The minimum Gasteiger partial charge on any atom is -0.274 e. The molecule has 0 aromatic heterocycles. The number of imide groups is 1. The van der Waals surface area contributed by atoms with Gasteiger partial charge in [-0.1, -0.05) is 36.8 Å². The second-order valence-corrected chi connectivity index (χ2v) is 4.93. The summed E-state index contributed by atoms with van der Waals surface area (Å²) in [7, 11) is 0. The number of hydrogen-bond donors (Lipinski definition) is 0. The van der Waals surface area contributed by atoms with Crippen molar-refractivity contribution in [2.24, 2.45) is 17.8 Å². The molecular weight excluding hydrogens is 226 g/mol. The van der Waals surface area contributed by atoms with Crippen molar-refractivity contribution in [3.8, 4) is 0 Å². The lowest BCUT2D eigenvalue weighted by atomic mass is 9.63. The van der Waals surface area contributed by atoms with E-state index in [0.29, 0.717) is 5.69 Å². The van der Waals surface area contributed by atoms with Gasteiger partial charge in [0.15, 0.2) is 0 Å². The summed E-state index contributed by atoms with van der Waals surface area (Å²) in [4.78, 5) is 26.0. The third-order valence-electron chi connectivity index (χ3n) is 4.12. The Hall–Kier alpha value is -1.90. The molecule has 0 radical (unpaired) electrons. The monoisotopic (exact) mass is 241 g/mol. The summed E-state index contributed by atoms with van der Waals surface area (Å²) >= 11 is 0. The fourth-order valence-corrected chi connectivity index (χ4v) is 3.19. The molecule has 1 aliphatic carbocycles. The lowest BCUT2D eigenvalue weighted by molar-refractivity contribution is -0.123. The standard InChI is InChI=1S/C15H15NO2/c1-3-11-9(2)12-13(11)15(18)16(14(12)17)10-7-5-4-6-8-10/h3-9,12-13H,1-2H3/b11-3+/t9-,12+,13+/m0/s1. The fourth-order valence-electron chi connectivity index (χ4n) is 3.19. The number of carbonyl (C=O) groups excluding carboxylic acids is 2.